The van der Waals surface area contributed by atoms with Crippen molar-refractivity contribution in [3.05, 3.63) is 47.5 Å². The van der Waals surface area contributed by atoms with E-state index in [1.807, 2.05) is 38.1 Å². The highest BCUT2D eigenvalue weighted by Crippen LogP contribution is 2.33. The van der Waals surface area contributed by atoms with Crippen LogP contribution in [0.5, 0.6) is 11.5 Å². The maximum atomic E-state index is 5.68. The molecule has 0 aliphatic rings. The Morgan fingerprint density at radius 3 is 2.32 bits per heavy atom. The van der Waals surface area contributed by atoms with Gasteiger partial charge in [-0.2, -0.15) is 4.98 Å². The monoisotopic (exact) mass is 381 g/mol. The second kappa shape index (κ2) is 8.89. The molecule has 0 atom stereocenters. The largest absolute Gasteiger partial charge is 0.490 e. The van der Waals surface area contributed by atoms with Crippen LogP contribution < -0.4 is 9.47 Å². The van der Waals surface area contributed by atoms with Crippen LogP contribution >= 0.6 is 0 Å². The minimum atomic E-state index is 0.453. The van der Waals surface area contributed by atoms with E-state index in [2.05, 4.69) is 48.2 Å². The summed E-state index contributed by atoms with van der Waals surface area (Å²) in [6.07, 6.45) is 0. The summed E-state index contributed by atoms with van der Waals surface area (Å²) in [7, 11) is 4.12. The predicted molar refractivity (Wildman–Crippen MR) is 110 cm³/mol. The molecule has 148 valence electrons. The zero-order valence-corrected chi connectivity index (χ0v) is 17.2. The minimum absolute atomic E-state index is 0.453. The van der Waals surface area contributed by atoms with Crippen molar-refractivity contribution in [2.24, 2.45) is 0 Å². The number of hydrogen-bond donors (Lipinski definition) is 0. The van der Waals surface area contributed by atoms with E-state index in [9.17, 15) is 0 Å². The zero-order chi connectivity index (χ0) is 20.1. The van der Waals surface area contributed by atoms with Crippen LogP contribution in [0.15, 0.2) is 40.9 Å². The number of hydrogen-bond acceptors (Lipinski definition) is 6. The number of ether oxygens (including phenoxy) is 2. The van der Waals surface area contributed by atoms with Gasteiger partial charge in [0, 0.05) is 17.7 Å². The molecule has 2 aromatic carbocycles. The molecular weight excluding hydrogens is 354 g/mol. The van der Waals surface area contributed by atoms with Gasteiger partial charge < -0.3 is 18.9 Å². The summed E-state index contributed by atoms with van der Waals surface area (Å²) in [5, 5.41) is 4.16. The summed E-state index contributed by atoms with van der Waals surface area (Å²) in [6, 6.07) is 11.9. The van der Waals surface area contributed by atoms with Gasteiger partial charge in [0.25, 0.3) is 5.89 Å². The lowest BCUT2D eigenvalue weighted by Crippen LogP contribution is -2.11. The van der Waals surface area contributed by atoms with E-state index in [0.29, 0.717) is 36.4 Å². The van der Waals surface area contributed by atoms with Crippen molar-refractivity contribution < 1.29 is 14.0 Å². The van der Waals surface area contributed by atoms with Gasteiger partial charge in [0.15, 0.2) is 11.5 Å². The van der Waals surface area contributed by atoms with Gasteiger partial charge in [-0.15, -0.1) is 0 Å². The quantitative estimate of drug-likeness (QED) is 0.570. The lowest BCUT2D eigenvalue weighted by molar-refractivity contribution is 0.288. The Morgan fingerprint density at radius 2 is 1.64 bits per heavy atom. The molecule has 0 aliphatic heterocycles. The molecule has 6 heteroatoms. The number of benzene rings is 2. The highest BCUT2D eigenvalue weighted by molar-refractivity contribution is 5.63. The number of aryl methyl sites for hydroxylation is 1. The number of nitrogens with zero attached hydrogens (tertiary/aromatic N) is 3. The SMILES string of the molecule is CCOc1ccc(-c2nc(-c3ccc(CN(C)C)c(C)c3)no2)cc1OCC. The van der Waals surface area contributed by atoms with E-state index in [1.165, 1.54) is 11.1 Å². The molecule has 0 N–H and O–H groups in total. The smallest absolute Gasteiger partial charge is 0.258 e. The van der Waals surface area contributed by atoms with E-state index in [4.69, 9.17) is 14.0 Å². The fourth-order valence-electron chi connectivity index (χ4n) is 3.00. The Kier molecular flexibility index (Phi) is 6.31. The van der Waals surface area contributed by atoms with E-state index in [-0.39, 0.29) is 0 Å². The third-order valence-corrected chi connectivity index (χ3v) is 4.30. The Balaban J connectivity index is 1.88. The molecule has 0 radical (unpaired) electrons. The Hall–Kier alpha value is -2.86. The number of rotatable bonds is 8. The van der Waals surface area contributed by atoms with Crippen LogP contribution in [0.4, 0.5) is 0 Å². The van der Waals surface area contributed by atoms with Gasteiger partial charge in [-0.1, -0.05) is 17.3 Å². The lowest BCUT2D eigenvalue weighted by atomic mass is 10.0. The van der Waals surface area contributed by atoms with E-state index >= 15 is 0 Å². The molecule has 1 heterocycles. The van der Waals surface area contributed by atoms with Crippen molar-refractivity contribution >= 4 is 0 Å². The average Bonchev–Trinajstić information content (AvgIpc) is 3.15. The fourth-order valence-corrected chi connectivity index (χ4v) is 3.00. The molecule has 3 aromatic rings. The first-order valence-corrected chi connectivity index (χ1v) is 9.50. The Labute approximate surface area is 166 Å². The van der Waals surface area contributed by atoms with E-state index in [0.717, 1.165) is 17.7 Å². The normalized spacial score (nSPS) is 11.1. The third kappa shape index (κ3) is 4.51. The Bertz CT molecular complexity index is 935. The fraction of sp³-hybridized carbons (Fsp3) is 0.364. The molecule has 6 nitrogen and oxygen atoms in total. The standard InChI is InChI=1S/C22H27N3O3/c1-6-26-19-11-10-17(13-20(19)27-7-2)22-23-21(24-28-22)16-8-9-18(14-25(4)5)15(3)12-16/h8-13H,6-7,14H2,1-5H3. The van der Waals surface area contributed by atoms with Crippen LogP contribution in [-0.4, -0.2) is 42.3 Å². The molecule has 0 amide bonds. The summed E-state index contributed by atoms with van der Waals surface area (Å²) < 4.78 is 16.8. The van der Waals surface area contributed by atoms with Crippen molar-refractivity contribution in [1.29, 1.82) is 0 Å². The molecule has 28 heavy (non-hydrogen) atoms. The second-order valence-corrected chi connectivity index (χ2v) is 6.83. The maximum absolute atomic E-state index is 5.68. The van der Waals surface area contributed by atoms with Crippen LogP contribution in [0.1, 0.15) is 25.0 Å². The summed E-state index contributed by atoms with van der Waals surface area (Å²) in [4.78, 5) is 6.72. The van der Waals surface area contributed by atoms with Gasteiger partial charge >= 0.3 is 0 Å². The molecule has 0 bridgehead atoms. The molecule has 3 rings (SSSR count). The zero-order valence-electron chi connectivity index (χ0n) is 17.2. The summed E-state index contributed by atoms with van der Waals surface area (Å²) in [5.74, 6) is 2.40. The molecule has 0 spiro atoms. The van der Waals surface area contributed by atoms with E-state index < -0.39 is 0 Å². The maximum Gasteiger partial charge on any atom is 0.258 e. The van der Waals surface area contributed by atoms with Crippen LogP contribution in [0.3, 0.4) is 0 Å². The van der Waals surface area contributed by atoms with Gasteiger partial charge in [0.2, 0.25) is 5.82 Å². The summed E-state index contributed by atoms with van der Waals surface area (Å²) in [6.45, 7) is 8.01. The molecule has 0 aliphatic carbocycles. The predicted octanol–water partition coefficient (Wildman–Crippen LogP) is 4.57. The molecule has 0 fully saturated rings. The molecule has 1 aromatic heterocycles. The van der Waals surface area contributed by atoms with Crippen molar-refractivity contribution in [3.8, 4) is 34.3 Å². The topological polar surface area (TPSA) is 60.6 Å². The van der Waals surface area contributed by atoms with Gasteiger partial charge in [0.05, 0.1) is 13.2 Å². The molecule has 0 saturated heterocycles. The first kappa shape index (κ1) is 19.9. The lowest BCUT2D eigenvalue weighted by Gasteiger charge is -2.12. The van der Waals surface area contributed by atoms with Crippen LogP contribution in [0.2, 0.25) is 0 Å². The highest BCUT2D eigenvalue weighted by atomic mass is 16.5. The highest BCUT2D eigenvalue weighted by Gasteiger charge is 2.14. The van der Waals surface area contributed by atoms with Gasteiger partial charge in [-0.05, 0) is 70.3 Å². The second-order valence-electron chi connectivity index (χ2n) is 6.83. The first-order chi connectivity index (χ1) is 13.5. The number of aromatic nitrogens is 2. The summed E-state index contributed by atoms with van der Waals surface area (Å²) in [5.41, 5.74) is 4.22. The van der Waals surface area contributed by atoms with Crippen LogP contribution in [0.25, 0.3) is 22.8 Å². The first-order valence-electron chi connectivity index (χ1n) is 9.50. The van der Waals surface area contributed by atoms with E-state index in [1.54, 1.807) is 0 Å². The van der Waals surface area contributed by atoms with Crippen molar-refractivity contribution in [1.82, 2.24) is 15.0 Å². The van der Waals surface area contributed by atoms with Gasteiger partial charge in [0.1, 0.15) is 0 Å². The molecule has 0 saturated carbocycles. The summed E-state index contributed by atoms with van der Waals surface area (Å²) >= 11 is 0. The van der Waals surface area contributed by atoms with Gasteiger partial charge in [-0.3, -0.25) is 0 Å². The minimum Gasteiger partial charge on any atom is -0.490 e. The molecule has 0 unspecified atom stereocenters. The third-order valence-electron chi connectivity index (χ3n) is 4.30. The van der Waals surface area contributed by atoms with Crippen LogP contribution in [-0.2, 0) is 6.54 Å². The molecular formula is C22H27N3O3. The van der Waals surface area contributed by atoms with Crippen LogP contribution in [0, 0.1) is 6.92 Å². The Morgan fingerprint density at radius 1 is 0.929 bits per heavy atom. The average molecular weight is 381 g/mol. The van der Waals surface area contributed by atoms with Gasteiger partial charge in [-0.25, -0.2) is 0 Å². The van der Waals surface area contributed by atoms with Crippen molar-refractivity contribution in [2.45, 2.75) is 27.3 Å². The van der Waals surface area contributed by atoms with Crippen molar-refractivity contribution in [3.63, 3.8) is 0 Å². The van der Waals surface area contributed by atoms with Crippen molar-refractivity contribution in [2.75, 3.05) is 27.3 Å².